The number of amides is 2. The number of benzene rings is 1. The number of aromatic nitrogens is 1. The third-order valence-electron chi connectivity index (χ3n) is 5.51. The molecule has 0 radical (unpaired) electrons. The van der Waals surface area contributed by atoms with Crippen LogP contribution in [0.3, 0.4) is 0 Å². The summed E-state index contributed by atoms with van der Waals surface area (Å²) in [5.74, 6) is -0.541. The largest absolute Gasteiger partial charge is 0.386 e. The average Bonchev–Trinajstić information content (AvgIpc) is 3.34. The monoisotopic (exact) mass is 468 g/mol. The lowest BCUT2D eigenvalue weighted by Gasteiger charge is -2.18. The standard InChI is InChI=1S/C24H25FN4O3S/c1-24(2,32)14-8-9-16(18(25)11-14)19-12-17(22(26)31)23(33-19)28-20-6-3-5-15(27-20)13-29-10-4-7-21(29)30/h3,5-6,8-9,11-12,32H,4,7,10,13H2,1-2H3,(H2,26,31)(H,27,28). The summed E-state index contributed by atoms with van der Waals surface area (Å²) in [7, 11) is 0. The van der Waals surface area contributed by atoms with Gasteiger partial charge in [-0.1, -0.05) is 18.2 Å². The highest BCUT2D eigenvalue weighted by molar-refractivity contribution is 7.19. The molecular formula is C24H25FN4O3S. The smallest absolute Gasteiger partial charge is 0.251 e. The van der Waals surface area contributed by atoms with E-state index in [1.807, 2.05) is 12.1 Å². The number of thiophene rings is 1. The lowest BCUT2D eigenvalue weighted by molar-refractivity contribution is -0.128. The molecule has 4 rings (SSSR count). The molecule has 172 valence electrons. The molecule has 4 N–H and O–H groups in total. The molecule has 1 aliphatic rings. The second kappa shape index (κ2) is 8.92. The molecule has 0 saturated carbocycles. The number of nitrogens with two attached hydrogens (primary N) is 1. The van der Waals surface area contributed by atoms with E-state index in [1.54, 1.807) is 43.0 Å². The van der Waals surface area contributed by atoms with E-state index in [-0.39, 0.29) is 11.5 Å². The van der Waals surface area contributed by atoms with Crippen LogP contribution in [0.5, 0.6) is 0 Å². The van der Waals surface area contributed by atoms with Crippen molar-refractivity contribution in [3.8, 4) is 10.4 Å². The van der Waals surface area contributed by atoms with Crippen LogP contribution in [-0.4, -0.2) is 33.3 Å². The zero-order chi connectivity index (χ0) is 23.8. The lowest BCUT2D eigenvalue weighted by atomic mass is 9.96. The third kappa shape index (κ3) is 5.04. The molecule has 0 atom stereocenters. The van der Waals surface area contributed by atoms with Crippen molar-refractivity contribution in [3.63, 3.8) is 0 Å². The summed E-state index contributed by atoms with van der Waals surface area (Å²) in [5.41, 5.74) is 6.10. The van der Waals surface area contributed by atoms with Crippen LogP contribution in [0.2, 0.25) is 0 Å². The molecule has 0 aliphatic carbocycles. The van der Waals surface area contributed by atoms with Crippen molar-refractivity contribution in [1.82, 2.24) is 9.88 Å². The molecule has 9 heteroatoms. The lowest BCUT2D eigenvalue weighted by Crippen LogP contribution is -2.24. The van der Waals surface area contributed by atoms with Gasteiger partial charge in [-0.05, 0) is 50.1 Å². The summed E-state index contributed by atoms with van der Waals surface area (Å²) in [6, 6.07) is 11.5. The van der Waals surface area contributed by atoms with Gasteiger partial charge in [-0.3, -0.25) is 9.59 Å². The predicted molar refractivity (Wildman–Crippen MR) is 126 cm³/mol. The Morgan fingerprint density at radius 2 is 2.09 bits per heavy atom. The predicted octanol–water partition coefficient (Wildman–Crippen LogP) is 4.14. The Hall–Kier alpha value is -3.30. The third-order valence-corrected chi connectivity index (χ3v) is 6.59. The molecule has 1 fully saturated rings. The van der Waals surface area contributed by atoms with E-state index in [0.717, 1.165) is 18.7 Å². The average molecular weight is 469 g/mol. The van der Waals surface area contributed by atoms with Crippen molar-refractivity contribution >= 4 is 34.0 Å². The molecule has 0 unspecified atom stereocenters. The van der Waals surface area contributed by atoms with E-state index in [2.05, 4.69) is 10.3 Å². The second-order valence-corrected chi connectivity index (χ2v) is 9.58. The van der Waals surface area contributed by atoms with Crippen molar-refractivity contribution in [3.05, 3.63) is 65.1 Å². The molecule has 1 aromatic carbocycles. The van der Waals surface area contributed by atoms with Crippen LogP contribution in [0, 0.1) is 5.82 Å². The highest BCUT2D eigenvalue weighted by Gasteiger charge is 2.22. The van der Waals surface area contributed by atoms with Crippen LogP contribution in [0.1, 0.15) is 48.3 Å². The summed E-state index contributed by atoms with van der Waals surface area (Å²) < 4.78 is 14.8. The number of rotatable bonds is 7. The second-order valence-electron chi connectivity index (χ2n) is 8.53. The van der Waals surface area contributed by atoms with E-state index in [4.69, 9.17) is 5.73 Å². The molecule has 0 bridgehead atoms. The molecule has 1 aliphatic heterocycles. The number of carbonyl (C=O) groups excluding carboxylic acids is 2. The van der Waals surface area contributed by atoms with Crippen LogP contribution in [0.15, 0.2) is 42.5 Å². The first-order valence-corrected chi connectivity index (χ1v) is 11.4. The Labute approximate surface area is 195 Å². The fourth-order valence-electron chi connectivity index (χ4n) is 3.72. The summed E-state index contributed by atoms with van der Waals surface area (Å²) in [6.07, 6.45) is 1.41. The maximum Gasteiger partial charge on any atom is 0.251 e. The first-order chi connectivity index (χ1) is 15.6. The highest BCUT2D eigenvalue weighted by Crippen LogP contribution is 2.38. The molecule has 1 saturated heterocycles. The SMILES string of the molecule is CC(C)(O)c1ccc(-c2cc(C(N)=O)c(Nc3cccc(CN4CCCC4=O)n3)s2)c(F)c1. The van der Waals surface area contributed by atoms with Crippen molar-refractivity contribution in [1.29, 1.82) is 0 Å². The minimum Gasteiger partial charge on any atom is -0.386 e. The van der Waals surface area contributed by atoms with Gasteiger partial charge in [0, 0.05) is 23.4 Å². The van der Waals surface area contributed by atoms with Gasteiger partial charge in [0.05, 0.1) is 23.4 Å². The van der Waals surface area contributed by atoms with E-state index in [0.29, 0.717) is 39.8 Å². The first kappa shape index (κ1) is 22.9. The van der Waals surface area contributed by atoms with Gasteiger partial charge in [-0.2, -0.15) is 0 Å². The van der Waals surface area contributed by atoms with E-state index in [9.17, 15) is 19.1 Å². The van der Waals surface area contributed by atoms with Gasteiger partial charge >= 0.3 is 0 Å². The number of nitrogens with zero attached hydrogens (tertiary/aromatic N) is 2. The molecule has 2 aromatic heterocycles. The fourth-order valence-corrected chi connectivity index (χ4v) is 4.81. The molecule has 3 aromatic rings. The molecule has 7 nitrogen and oxygen atoms in total. The van der Waals surface area contributed by atoms with E-state index >= 15 is 0 Å². The van der Waals surface area contributed by atoms with Gasteiger partial charge in [-0.15, -0.1) is 11.3 Å². The van der Waals surface area contributed by atoms with Crippen molar-refractivity contribution in [2.75, 3.05) is 11.9 Å². The maximum atomic E-state index is 14.8. The number of primary amides is 1. The van der Waals surface area contributed by atoms with Crippen LogP contribution >= 0.6 is 11.3 Å². The molecule has 2 amide bonds. The van der Waals surface area contributed by atoms with Gasteiger partial charge in [0.25, 0.3) is 5.91 Å². The fraction of sp³-hybridized carbons (Fsp3) is 0.292. The summed E-state index contributed by atoms with van der Waals surface area (Å²) in [4.78, 5) is 30.8. The number of pyridine rings is 1. The number of nitrogens with one attached hydrogen (secondary N) is 1. The van der Waals surface area contributed by atoms with E-state index in [1.165, 1.54) is 17.4 Å². The Morgan fingerprint density at radius 3 is 2.73 bits per heavy atom. The molecule has 33 heavy (non-hydrogen) atoms. The number of likely N-dealkylation sites (tertiary alicyclic amines) is 1. The van der Waals surface area contributed by atoms with Gasteiger partial charge < -0.3 is 21.1 Å². The Morgan fingerprint density at radius 1 is 1.30 bits per heavy atom. The van der Waals surface area contributed by atoms with Gasteiger partial charge in [0.1, 0.15) is 16.6 Å². The Kier molecular flexibility index (Phi) is 6.18. The normalized spacial score (nSPS) is 14.1. The van der Waals surface area contributed by atoms with E-state index < -0.39 is 17.3 Å². The molecule has 3 heterocycles. The van der Waals surface area contributed by atoms with Gasteiger partial charge in [0.15, 0.2) is 0 Å². The van der Waals surface area contributed by atoms with Crippen molar-refractivity contribution in [2.24, 2.45) is 5.73 Å². The topological polar surface area (TPSA) is 109 Å². The summed E-state index contributed by atoms with van der Waals surface area (Å²) in [5, 5.41) is 13.7. The Balaban J connectivity index is 1.61. The molecular weight excluding hydrogens is 443 g/mol. The minimum absolute atomic E-state index is 0.117. The van der Waals surface area contributed by atoms with Crippen molar-refractivity contribution < 1.29 is 19.1 Å². The maximum absolute atomic E-state index is 14.8. The zero-order valence-electron chi connectivity index (χ0n) is 18.4. The van der Waals surface area contributed by atoms with Crippen molar-refractivity contribution in [2.45, 2.75) is 38.8 Å². The minimum atomic E-state index is -1.17. The summed E-state index contributed by atoms with van der Waals surface area (Å²) in [6.45, 7) is 4.31. The number of aliphatic hydroxyl groups is 1. The van der Waals surface area contributed by atoms with Gasteiger partial charge in [0.2, 0.25) is 5.91 Å². The zero-order valence-corrected chi connectivity index (χ0v) is 19.2. The number of carbonyl (C=O) groups is 2. The Bertz CT molecular complexity index is 1220. The number of halogens is 1. The number of hydrogen-bond donors (Lipinski definition) is 3. The first-order valence-electron chi connectivity index (χ1n) is 10.6. The summed E-state index contributed by atoms with van der Waals surface area (Å²) >= 11 is 1.18. The van der Waals surface area contributed by atoms with Crippen LogP contribution in [-0.2, 0) is 16.9 Å². The van der Waals surface area contributed by atoms with Crippen LogP contribution < -0.4 is 11.1 Å². The number of hydrogen-bond acceptors (Lipinski definition) is 6. The van der Waals surface area contributed by atoms with Crippen LogP contribution in [0.25, 0.3) is 10.4 Å². The highest BCUT2D eigenvalue weighted by atomic mass is 32.1. The number of anilines is 2. The molecule has 0 spiro atoms. The van der Waals surface area contributed by atoms with Crippen LogP contribution in [0.4, 0.5) is 15.2 Å². The quantitative estimate of drug-likeness (QED) is 0.483. The van der Waals surface area contributed by atoms with Gasteiger partial charge in [-0.25, -0.2) is 9.37 Å².